The fraction of sp³-hybridized carbons (Fsp3) is 0.562. The number of hydrogen-bond donors (Lipinski definition) is 3. The van der Waals surface area contributed by atoms with E-state index in [-0.39, 0.29) is 5.84 Å². The van der Waals surface area contributed by atoms with E-state index in [2.05, 4.69) is 10.5 Å². The molecule has 0 radical (unpaired) electrons. The molecule has 1 saturated carbocycles. The SMILES string of the molecule is NC(=NO)c1ccc(CNC2CCCCCCC2)cc1. The summed E-state index contributed by atoms with van der Waals surface area (Å²) in [6.45, 7) is 0.890. The van der Waals surface area contributed by atoms with E-state index in [4.69, 9.17) is 10.9 Å². The average molecular weight is 275 g/mol. The first-order chi connectivity index (χ1) is 9.79. The van der Waals surface area contributed by atoms with Crippen molar-refractivity contribution in [3.63, 3.8) is 0 Å². The van der Waals surface area contributed by atoms with Crippen molar-refractivity contribution in [2.75, 3.05) is 0 Å². The van der Waals surface area contributed by atoms with Crippen molar-refractivity contribution in [2.45, 2.75) is 57.5 Å². The lowest BCUT2D eigenvalue weighted by atomic mass is 9.96. The van der Waals surface area contributed by atoms with Gasteiger partial charge in [-0.1, -0.05) is 61.5 Å². The van der Waals surface area contributed by atoms with E-state index in [0.717, 1.165) is 12.1 Å². The molecule has 1 aliphatic carbocycles. The first-order valence-electron chi connectivity index (χ1n) is 7.60. The molecule has 4 nitrogen and oxygen atoms in total. The molecule has 0 spiro atoms. The van der Waals surface area contributed by atoms with Crippen LogP contribution in [0.2, 0.25) is 0 Å². The number of rotatable bonds is 4. The maximum Gasteiger partial charge on any atom is 0.170 e. The lowest BCUT2D eigenvalue weighted by molar-refractivity contribution is 0.318. The van der Waals surface area contributed by atoms with Gasteiger partial charge in [-0.25, -0.2) is 0 Å². The Bertz CT molecular complexity index is 420. The molecule has 20 heavy (non-hydrogen) atoms. The summed E-state index contributed by atoms with van der Waals surface area (Å²) in [5, 5.41) is 15.3. The fourth-order valence-corrected chi connectivity index (χ4v) is 2.77. The Kier molecular flexibility index (Phi) is 5.87. The van der Waals surface area contributed by atoms with Crippen molar-refractivity contribution in [1.29, 1.82) is 0 Å². The summed E-state index contributed by atoms with van der Waals surface area (Å²) in [7, 11) is 0. The molecule has 110 valence electrons. The van der Waals surface area contributed by atoms with E-state index in [9.17, 15) is 0 Å². The van der Waals surface area contributed by atoms with Gasteiger partial charge in [0.2, 0.25) is 0 Å². The highest BCUT2D eigenvalue weighted by Crippen LogP contribution is 2.17. The Labute approximate surface area is 121 Å². The molecule has 0 bridgehead atoms. The second kappa shape index (κ2) is 7.90. The van der Waals surface area contributed by atoms with Gasteiger partial charge < -0.3 is 16.3 Å². The smallest absolute Gasteiger partial charge is 0.170 e. The maximum atomic E-state index is 8.63. The van der Waals surface area contributed by atoms with Gasteiger partial charge in [-0.2, -0.15) is 0 Å². The quantitative estimate of drug-likeness (QED) is 0.342. The van der Waals surface area contributed by atoms with Gasteiger partial charge in [0.25, 0.3) is 0 Å². The van der Waals surface area contributed by atoms with Crippen LogP contribution in [0, 0.1) is 0 Å². The standard InChI is InChI=1S/C16H25N3O/c17-16(19-20)14-10-8-13(9-11-14)12-18-15-6-4-2-1-3-5-7-15/h8-11,15,18,20H,1-7,12H2,(H2,17,19). The highest BCUT2D eigenvalue weighted by Gasteiger charge is 2.10. The number of nitrogens with one attached hydrogen (secondary N) is 1. The zero-order valence-electron chi connectivity index (χ0n) is 12.0. The van der Waals surface area contributed by atoms with Crippen molar-refractivity contribution < 1.29 is 5.21 Å². The van der Waals surface area contributed by atoms with Gasteiger partial charge >= 0.3 is 0 Å². The predicted molar refractivity (Wildman–Crippen MR) is 81.9 cm³/mol. The normalized spacial score (nSPS) is 18.5. The van der Waals surface area contributed by atoms with Crippen LogP contribution in [0.3, 0.4) is 0 Å². The van der Waals surface area contributed by atoms with Crippen molar-refractivity contribution >= 4 is 5.84 Å². The van der Waals surface area contributed by atoms with E-state index in [0.29, 0.717) is 6.04 Å². The van der Waals surface area contributed by atoms with Crippen molar-refractivity contribution in [3.8, 4) is 0 Å². The zero-order chi connectivity index (χ0) is 14.2. The minimum absolute atomic E-state index is 0.157. The number of oxime groups is 1. The summed E-state index contributed by atoms with van der Waals surface area (Å²) in [6, 6.07) is 8.50. The van der Waals surface area contributed by atoms with Gasteiger partial charge in [-0.05, 0) is 18.4 Å². The topological polar surface area (TPSA) is 70.6 Å². The molecule has 1 fully saturated rings. The van der Waals surface area contributed by atoms with Crippen LogP contribution in [0.4, 0.5) is 0 Å². The minimum atomic E-state index is 0.157. The van der Waals surface area contributed by atoms with Crippen LogP contribution in [0.1, 0.15) is 56.1 Å². The highest BCUT2D eigenvalue weighted by molar-refractivity contribution is 5.96. The summed E-state index contributed by atoms with van der Waals surface area (Å²) in [4.78, 5) is 0. The van der Waals surface area contributed by atoms with Crippen molar-refractivity contribution in [3.05, 3.63) is 35.4 Å². The molecule has 1 aromatic rings. The molecule has 1 aromatic carbocycles. The van der Waals surface area contributed by atoms with Gasteiger partial charge in [0.15, 0.2) is 5.84 Å². The van der Waals surface area contributed by atoms with E-state index in [1.54, 1.807) is 0 Å². The molecule has 0 aromatic heterocycles. The van der Waals surface area contributed by atoms with E-state index in [1.165, 1.54) is 50.5 Å². The summed E-state index contributed by atoms with van der Waals surface area (Å²) in [6.07, 6.45) is 9.45. The second-order valence-electron chi connectivity index (χ2n) is 5.61. The zero-order valence-corrected chi connectivity index (χ0v) is 12.0. The highest BCUT2D eigenvalue weighted by atomic mass is 16.4. The van der Waals surface area contributed by atoms with Crippen LogP contribution in [0.15, 0.2) is 29.4 Å². The molecule has 4 N–H and O–H groups in total. The Morgan fingerprint density at radius 1 is 1.10 bits per heavy atom. The third kappa shape index (κ3) is 4.53. The van der Waals surface area contributed by atoms with Crippen molar-refractivity contribution in [1.82, 2.24) is 5.32 Å². The summed E-state index contributed by atoms with van der Waals surface area (Å²) in [5.74, 6) is 0.157. The summed E-state index contributed by atoms with van der Waals surface area (Å²) < 4.78 is 0. The molecule has 0 heterocycles. The second-order valence-corrected chi connectivity index (χ2v) is 5.61. The fourth-order valence-electron chi connectivity index (χ4n) is 2.77. The molecule has 0 saturated heterocycles. The van der Waals surface area contributed by atoms with Crippen LogP contribution in [0.25, 0.3) is 0 Å². The number of amidine groups is 1. The van der Waals surface area contributed by atoms with Crippen LogP contribution in [0.5, 0.6) is 0 Å². The summed E-state index contributed by atoms with van der Waals surface area (Å²) >= 11 is 0. The summed E-state index contributed by atoms with van der Waals surface area (Å²) in [5.41, 5.74) is 7.54. The Balaban J connectivity index is 1.83. The van der Waals surface area contributed by atoms with Crippen LogP contribution < -0.4 is 11.1 Å². The van der Waals surface area contributed by atoms with Crippen LogP contribution in [-0.2, 0) is 6.54 Å². The number of nitrogens with zero attached hydrogens (tertiary/aromatic N) is 1. The maximum absolute atomic E-state index is 8.63. The molecular formula is C16H25N3O. The molecule has 0 atom stereocenters. The van der Waals surface area contributed by atoms with Gasteiger partial charge in [-0.3, -0.25) is 0 Å². The first-order valence-corrected chi connectivity index (χ1v) is 7.60. The molecular weight excluding hydrogens is 250 g/mol. The molecule has 1 aliphatic rings. The average Bonchev–Trinajstić information content (AvgIpc) is 2.46. The van der Waals surface area contributed by atoms with Gasteiger partial charge in [0.05, 0.1) is 0 Å². The van der Waals surface area contributed by atoms with Crippen LogP contribution >= 0.6 is 0 Å². The Morgan fingerprint density at radius 3 is 2.30 bits per heavy atom. The lowest BCUT2D eigenvalue weighted by Crippen LogP contribution is -2.29. The van der Waals surface area contributed by atoms with E-state index < -0.39 is 0 Å². The number of hydrogen-bond acceptors (Lipinski definition) is 3. The molecule has 4 heteroatoms. The minimum Gasteiger partial charge on any atom is -0.409 e. The van der Waals surface area contributed by atoms with Gasteiger partial charge in [0, 0.05) is 18.2 Å². The predicted octanol–water partition coefficient (Wildman–Crippen LogP) is 2.98. The van der Waals surface area contributed by atoms with Gasteiger partial charge in [0.1, 0.15) is 0 Å². The van der Waals surface area contributed by atoms with E-state index >= 15 is 0 Å². The third-order valence-corrected chi connectivity index (χ3v) is 4.06. The monoisotopic (exact) mass is 275 g/mol. The van der Waals surface area contributed by atoms with E-state index in [1.807, 2.05) is 24.3 Å². The lowest BCUT2D eigenvalue weighted by Gasteiger charge is -2.21. The Morgan fingerprint density at radius 2 is 1.70 bits per heavy atom. The Hall–Kier alpha value is -1.55. The third-order valence-electron chi connectivity index (χ3n) is 4.06. The van der Waals surface area contributed by atoms with Gasteiger partial charge in [-0.15, -0.1) is 0 Å². The number of nitrogens with two attached hydrogens (primary N) is 1. The molecule has 0 unspecified atom stereocenters. The molecule has 0 aliphatic heterocycles. The molecule has 2 rings (SSSR count). The largest absolute Gasteiger partial charge is 0.409 e. The van der Waals surface area contributed by atoms with Crippen LogP contribution in [-0.4, -0.2) is 17.1 Å². The van der Waals surface area contributed by atoms with Crippen molar-refractivity contribution in [2.24, 2.45) is 10.9 Å². The number of benzene rings is 1. The first kappa shape index (κ1) is 14.9. The molecule has 0 amide bonds.